The maximum Gasteiger partial charge on any atom is 0.122 e. The lowest BCUT2D eigenvalue weighted by molar-refractivity contribution is 0.0870. The summed E-state index contributed by atoms with van der Waals surface area (Å²) in [5.41, 5.74) is 8.00. The summed E-state index contributed by atoms with van der Waals surface area (Å²) >= 11 is 0. The Labute approximate surface area is 110 Å². The van der Waals surface area contributed by atoms with E-state index in [1.165, 1.54) is 11.1 Å². The van der Waals surface area contributed by atoms with Crippen molar-refractivity contribution in [3.63, 3.8) is 0 Å². The first-order chi connectivity index (χ1) is 8.38. The summed E-state index contributed by atoms with van der Waals surface area (Å²) in [6, 6.07) is 6.22. The number of aryl methyl sites for hydroxylation is 2. The van der Waals surface area contributed by atoms with E-state index in [0.29, 0.717) is 19.8 Å². The van der Waals surface area contributed by atoms with Gasteiger partial charge in [-0.15, -0.1) is 0 Å². The van der Waals surface area contributed by atoms with Crippen LogP contribution in [0, 0.1) is 13.8 Å². The van der Waals surface area contributed by atoms with Gasteiger partial charge in [0.15, 0.2) is 0 Å². The molecular formula is C15H25NO2. The van der Waals surface area contributed by atoms with Crippen LogP contribution in [0.2, 0.25) is 0 Å². The van der Waals surface area contributed by atoms with Gasteiger partial charge in [0.1, 0.15) is 5.75 Å². The highest BCUT2D eigenvalue weighted by Crippen LogP contribution is 2.18. The Hall–Kier alpha value is -1.06. The van der Waals surface area contributed by atoms with E-state index in [-0.39, 0.29) is 5.54 Å². The van der Waals surface area contributed by atoms with Crippen LogP contribution in [0.1, 0.15) is 31.4 Å². The van der Waals surface area contributed by atoms with Gasteiger partial charge < -0.3 is 15.2 Å². The van der Waals surface area contributed by atoms with Crippen molar-refractivity contribution >= 4 is 0 Å². The van der Waals surface area contributed by atoms with Crippen molar-refractivity contribution in [2.45, 2.75) is 39.7 Å². The van der Waals surface area contributed by atoms with E-state index < -0.39 is 0 Å². The minimum Gasteiger partial charge on any atom is -0.493 e. The normalized spacial score (nSPS) is 11.6. The van der Waals surface area contributed by atoms with Crippen LogP contribution in [-0.4, -0.2) is 25.4 Å². The highest BCUT2D eigenvalue weighted by molar-refractivity contribution is 5.35. The Morgan fingerprint density at radius 2 is 1.89 bits per heavy atom. The first-order valence-electron chi connectivity index (χ1n) is 6.45. The zero-order valence-corrected chi connectivity index (χ0v) is 12.0. The van der Waals surface area contributed by atoms with Crippen LogP contribution < -0.4 is 10.5 Å². The van der Waals surface area contributed by atoms with Crippen LogP contribution >= 0.6 is 0 Å². The Bertz CT molecular complexity index is 369. The topological polar surface area (TPSA) is 44.5 Å². The maximum atomic E-state index is 5.82. The van der Waals surface area contributed by atoms with Gasteiger partial charge in [-0.3, -0.25) is 0 Å². The Balaban J connectivity index is 2.18. The van der Waals surface area contributed by atoms with E-state index >= 15 is 0 Å². The average Bonchev–Trinajstić information content (AvgIpc) is 2.24. The molecule has 0 fully saturated rings. The minimum absolute atomic E-state index is 0.256. The number of rotatable bonds is 7. The molecular weight excluding hydrogens is 226 g/mol. The van der Waals surface area contributed by atoms with E-state index in [0.717, 1.165) is 12.2 Å². The van der Waals surface area contributed by atoms with Crippen molar-refractivity contribution in [1.82, 2.24) is 0 Å². The van der Waals surface area contributed by atoms with Gasteiger partial charge in [0.25, 0.3) is 0 Å². The molecule has 0 heterocycles. The lowest BCUT2D eigenvalue weighted by Gasteiger charge is -2.18. The van der Waals surface area contributed by atoms with Crippen molar-refractivity contribution in [1.29, 1.82) is 0 Å². The van der Waals surface area contributed by atoms with Gasteiger partial charge in [-0.2, -0.15) is 0 Å². The number of hydrogen-bond acceptors (Lipinski definition) is 3. The molecule has 3 heteroatoms. The summed E-state index contributed by atoms with van der Waals surface area (Å²) in [7, 11) is 0. The highest BCUT2D eigenvalue weighted by Gasteiger charge is 2.09. The second kappa shape index (κ2) is 6.76. The van der Waals surface area contributed by atoms with Gasteiger partial charge in [0, 0.05) is 18.6 Å². The SMILES string of the molecule is Cc1ccc(OCCCOCC(C)(C)N)c(C)c1. The Kier molecular flexibility index (Phi) is 5.63. The molecule has 18 heavy (non-hydrogen) atoms. The fourth-order valence-corrected chi connectivity index (χ4v) is 1.64. The van der Waals surface area contributed by atoms with E-state index in [1.54, 1.807) is 0 Å². The summed E-state index contributed by atoms with van der Waals surface area (Å²) < 4.78 is 11.2. The predicted molar refractivity (Wildman–Crippen MR) is 75.1 cm³/mol. The molecule has 0 atom stereocenters. The van der Waals surface area contributed by atoms with Gasteiger partial charge in [0.05, 0.1) is 13.2 Å². The molecule has 0 spiro atoms. The zero-order chi connectivity index (χ0) is 13.6. The van der Waals surface area contributed by atoms with Gasteiger partial charge >= 0.3 is 0 Å². The zero-order valence-electron chi connectivity index (χ0n) is 12.0. The lowest BCUT2D eigenvalue weighted by Crippen LogP contribution is -2.37. The molecule has 0 unspecified atom stereocenters. The molecule has 0 saturated carbocycles. The molecule has 0 aliphatic carbocycles. The highest BCUT2D eigenvalue weighted by atomic mass is 16.5. The quantitative estimate of drug-likeness (QED) is 0.758. The van der Waals surface area contributed by atoms with Crippen LogP contribution in [0.5, 0.6) is 5.75 Å². The second-order valence-corrected chi connectivity index (χ2v) is 5.51. The Morgan fingerprint density at radius 1 is 1.17 bits per heavy atom. The third-order valence-corrected chi connectivity index (χ3v) is 2.50. The number of hydrogen-bond donors (Lipinski definition) is 1. The standard InChI is InChI=1S/C15H25NO2/c1-12-6-7-14(13(2)10-12)18-9-5-8-17-11-15(3,4)16/h6-7,10H,5,8-9,11,16H2,1-4H3. The molecule has 0 aliphatic heterocycles. The van der Waals surface area contributed by atoms with Crippen LogP contribution in [-0.2, 0) is 4.74 Å². The monoisotopic (exact) mass is 251 g/mol. The third kappa shape index (κ3) is 6.03. The molecule has 0 radical (unpaired) electrons. The summed E-state index contributed by atoms with van der Waals surface area (Å²) in [5.74, 6) is 0.958. The van der Waals surface area contributed by atoms with Crippen LogP contribution in [0.3, 0.4) is 0 Å². The molecule has 1 rings (SSSR count). The first-order valence-corrected chi connectivity index (χ1v) is 6.45. The van der Waals surface area contributed by atoms with E-state index in [9.17, 15) is 0 Å². The molecule has 0 aliphatic rings. The van der Waals surface area contributed by atoms with E-state index in [1.807, 2.05) is 19.9 Å². The van der Waals surface area contributed by atoms with Crippen molar-refractivity contribution in [3.05, 3.63) is 29.3 Å². The van der Waals surface area contributed by atoms with Gasteiger partial charge in [0.2, 0.25) is 0 Å². The summed E-state index contributed by atoms with van der Waals surface area (Å²) in [4.78, 5) is 0. The van der Waals surface area contributed by atoms with Gasteiger partial charge in [-0.1, -0.05) is 17.7 Å². The maximum absolute atomic E-state index is 5.82. The summed E-state index contributed by atoms with van der Waals surface area (Å²) in [6.07, 6.45) is 0.878. The average molecular weight is 251 g/mol. The number of ether oxygens (including phenoxy) is 2. The molecule has 0 aromatic heterocycles. The van der Waals surface area contributed by atoms with E-state index in [4.69, 9.17) is 15.2 Å². The van der Waals surface area contributed by atoms with Crippen LogP contribution in [0.4, 0.5) is 0 Å². The molecule has 102 valence electrons. The molecule has 0 bridgehead atoms. The summed E-state index contributed by atoms with van der Waals surface area (Å²) in [6.45, 7) is 10.0. The molecule has 2 N–H and O–H groups in total. The van der Waals surface area contributed by atoms with E-state index in [2.05, 4.69) is 26.0 Å². The molecule has 3 nitrogen and oxygen atoms in total. The van der Waals surface area contributed by atoms with Crippen molar-refractivity contribution in [2.24, 2.45) is 5.73 Å². The molecule has 1 aromatic rings. The van der Waals surface area contributed by atoms with Crippen molar-refractivity contribution < 1.29 is 9.47 Å². The molecule has 1 aromatic carbocycles. The number of benzene rings is 1. The lowest BCUT2D eigenvalue weighted by atomic mass is 10.1. The van der Waals surface area contributed by atoms with Crippen molar-refractivity contribution in [2.75, 3.05) is 19.8 Å². The molecule has 0 saturated heterocycles. The third-order valence-electron chi connectivity index (χ3n) is 2.50. The smallest absolute Gasteiger partial charge is 0.122 e. The number of nitrogens with two attached hydrogens (primary N) is 1. The summed E-state index contributed by atoms with van der Waals surface area (Å²) in [5, 5.41) is 0. The van der Waals surface area contributed by atoms with Crippen molar-refractivity contribution in [3.8, 4) is 5.75 Å². The fourth-order valence-electron chi connectivity index (χ4n) is 1.64. The van der Waals surface area contributed by atoms with Crippen LogP contribution in [0.25, 0.3) is 0 Å². The first kappa shape index (κ1) is 15.0. The largest absolute Gasteiger partial charge is 0.493 e. The predicted octanol–water partition coefficient (Wildman–Crippen LogP) is 2.83. The van der Waals surface area contributed by atoms with Gasteiger partial charge in [-0.05, 0) is 39.3 Å². The van der Waals surface area contributed by atoms with Gasteiger partial charge in [-0.25, -0.2) is 0 Å². The second-order valence-electron chi connectivity index (χ2n) is 5.51. The molecule has 0 amide bonds. The minimum atomic E-state index is -0.256. The Morgan fingerprint density at radius 3 is 2.50 bits per heavy atom. The van der Waals surface area contributed by atoms with Crippen LogP contribution in [0.15, 0.2) is 18.2 Å². The fraction of sp³-hybridized carbons (Fsp3) is 0.600.